The molecule has 0 saturated carbocycles. The molecule has 2 rings (SSSR count). The summed E-state index contributed by atoms with van der Waals surface area (Å²) >= 11 is 0. The van der Waals surface area contributed by atoms with E-state index in [2.05, 4.69) is 24.0 Å². The molecule has 2 aromatic rings. The summed E-state index contributed by atoms with van der Waals surface area (Å²) < 4.78 is 11.7. The number of carbonyl (C=O) groups excluding carboxylic acids is 1. The lowest BCUT2D eigenvalue weighted by Gasteiger charge is -2.40. The molecule has 146 valence electrons. The van der Waals surface area contributed by atoms with Crippen LogP contribution in [0.2, 0.25) is 0 Å². The molecule has 2 unspecified atom stereocenters. The van der Waals surface area contributed by atoms with Gasteiger partial charge < -0.3 is 14.4 Å². The first-order chi connectivity index (χ1) is 12.9. The molecular formula is C23H31NO3. The molecule has 2 atom stereocenters. The molecule has 0 aliphatic rings. The van der Waals surface area contributed by atoms with Crippen molar-refractivity contribution in [3.8, 4) is 5.75 Å². The molecule has 0 saturated heterocycles. The third-order valence-corrected chi connectivity index (χ3v) is 4.89. The van der Waals surface area contributed by atoms with Crippen LogP contribution >= 0.6 is 0 Å². The zero-order valence-corrected chi connectivity index (χ0v) is 17.1. The van der Waals surface area contributed by atoms with Crippen LogP contribution in [0.5, 0.6) is 5.75 Å². The number of hydrogen-bond acceptors (Lipinski definition) is 4. The Balaban J connectivity index is 2.60. The Bertz CT molecular complexity index is 729. The number of rotatable bonds is 9. The van der Waals surface area contributed by atoms with Crippen molar-refractivity contribution < 1.29 is 14.3 Å². The Morgan fingerprint density at radius 3 is 2.41 bits per heavy atom. The van der Waals surface area contributed by atoms with Crippen LogP contribution < -0.4 is 4.74 Å². The average Bonchev–Trinajstić information content (AvgIpc) is 2.67. The van der Waals surface area contributed by atoms with Crippen LogP contribution in [-0.4, -0.2) is 38.6 Å². The summed E-state index contributed by atoms with van der Waals surface area (Å²) in [7, 11) is 5.73. The molecule has 0 N–H and O–H groups in total. The van der Waals surface area contributed by atoms with E-state index >= 15 is 0 Å². The fourth-order valence-electron chi connectivity index (χ4n) is 3.51. The predicted octanol–water partition coefficient (Wildman–Crippen LogP) is 4.28. The Kier molecular flexibility index (Phi) is 7.43. The Hall–Kier alpha value is -2.33. The summed E-state index contributed by atoms with van der Waals surface area (Å²) in [6.45, 7) is 4.77. The van der Waals surface area contributed by atoms with Crippen molar-refractivity contribution in [2.75, 3.05) is 27.7 Å². The summed E-state index contributed by atoms with van der Waals surface area (Å²) in [6.07, 6.45) is 0.955. The van der Waals surface area contributed by atoms with Crippen LogP contribution in [-0.2, 0) is 21.6 Å². The maximum absolute atomic E-state index is 12.5. The van der Waals surface area contributed by atoms with E-state index in [0.717, 1.165) is 23.4 Å². The minimum atomic E-state index is -0.771. The molecule has 0 heterocycles. The van der Waals surface area contributed by atoms with E-state index in [-0.39, 0.29) is 11.9 Å². The van der Waals surface area contributed by atoms with Crippen molar-refractivity contribution in [3.05, 3.63) is 65.7 Å². The monoisotopic (exact) mass is 369 g/mol. The Labute approximate surface area is 163 Å². The van der Waals surface area contributed by atoms with Crippen molar-refractivity contribution >= 4 is 5.97 Å². The van der Waals surface area contributed by atoms with Crippen LogP contribution in [0.3, 0.4) is 0 Å². The number of nitrogens with zero attached hydrogens (tertiary/aromatic N) is 1. The fourth-order valence-corrected chi connectivity index (χ4v) is 3.51. The van der Waals surface area contributed by atoms with Crippen LogP contribution in [0.15, 0.2) is 54.6 Å². The largest absolute Gasteiger partial charge is 0.497 e. The second kappa shape index (κ2) is 9.56. The first-order valence-corrected chi connectivity index (χ1v) is 9.46. The number of esters is 1. The molecule has 27 heavy (non-hydrogen) atoms. The standard InChI is InChI=1S/C23H31NO3/c1-6-22(25)27-23(18(2)17-24(3)4,16-19-11-8-7-9-12-19)20-13-10-14-21(15-20)26-5/h7-15,18H,6,16-17H2,1-5H3. The molecule has 0 aliphatic carbocycles. The summed E-state index contributed by atoms with van der Waals surface area (Å²) in [6, 6.07) is 18.1. The molecule has 4 heteroatoms. The molecular weight excluding hydrogens is 338 g/mol. The van der Waals surface area contributed by atoms with Gasteiger partial charge in [0.1, 0.15) is 11.4 Å². The van der Waals surface area contributed by atoms with E-state index in [1.54, 1.807) is 7.11 Å². The smallest absolute Gasteiger partial charge is 0.306 e. The topological polar surface area (TPSA) is 38.8 Å². The van der Waals surface area contributed by atoms with Crippen molar-refractivity contribution in [1.82, 2.24) is 4.90 Å². The van der Waals surface area contributed by atoms with Gasteiger partial charge in [-0.3, -0.25) is 4.79 Å². The number of hydrogen-bond donors (Lipinski definition) is 0. The number of ether oxygens (including phenoxy) is 2. The SMILES string of the molecule is CCC(=O)OC(Cc1ccccc1)(c1cccc(OC)c1)C(C)CN(C)C. The summed E-state index contributed by atoms with van der Waals surface area (Å²) in [5.41, 5.74) is 1.32. The molecule has 2 aromatic carbocycles. The van der Waals surface area contributed by atoms with Gasteiger partial charge in [-0.2, -0.15) is 0 Å². The van der Waals surface area contributed by atoms with Gasteiger partial charge in [0.05, 0.1) is 7.11 Å². The van der Waals surface area contributed by atoms with Gasteiger partial charge in [-0.05, 0) is 37.4 Å². The van der Waals surface area contributed by atoms with E-state index in [0.29, 0.717) is 12.8 Å². The Morgan fingerprint density at radius 2 is 1.81 bits per heavy atom. The normalized spacial score (nSPS) is 14.4. The van der Waals surface area contributed by atoms with E-state index in [1.165, 1.54) is 0 Å². The minimum absolute atomic E-state index is 0.0790. The molecule has 0 fully saturated rings. The van der Waals surface area contributed by atoms with Gasteiger partial charge in [0.15, 0.2) is 0 Å². The van der Waals surface area contributed by atoms with Gasteiger partial charge in [0, 0.05) is 25.3 Å². The lowest BCUT2D eigenvalue weighted by molar-refractivity contribution is -0.168. The summed E-state index contributed by atoms with van der Waals surface area (Å²) in [5, 5.41) is 0. The third kappa shape index (κ3) is 5.33. The first kappa shape index (κ1) is 21.0. The third-order valence-electron chi connectivity index (χ3n) is 4.89. The van der Waals surface area contributed by atoms with Crippen LogP contribution in [0.25, 0.3) is 0 Å². The van der Waals surface area contributed by atoms with Gasteiger partial charge in [-0.1, -0.05) is 56.3 Å². The molecule has 0 amide bonds. The summed E-state index contributed by atoms with van der Waals surface area (Å²) in [4.78, 5) is 14.6. The molecule has 4 nitrogen and oxygen atoms in total. The zero-order chi connectivity index (χ0) is 19.9. The highest BCUT2D eigenvalue weighted by Crippen LogP contribution is 2.39. The van der Waals surface area contributed by atoms with E-state index in [4.69, 9.17) is 9.47 Å². The van der Waals surface area contributed by atoms with Gasteiger partial charge in [0.25, 0.3) is 0 Å². The van der Waals surface area contributed by atoms with Crippen molar-refractivity contribution in [2.24, 2.45) is 5.92 Å². The van der Waals surface area contributed by atoms with Crippen molar-refractivity contribution in [1.29, 1.82) is 0 Å². The fraction of sp³-hybridized carbons (Fsp3) is 0.435. The lowest BCUT2D eigenvalue weighted by atomic mass is 9.77. The molecule has 0 spiro atoms. The zero-order valence-electron chi connectivity index (χ0n) is 17.1. The highest BCUT2D eigenvalue weighted by molar-refractivity contribution is 5.70. The molecule has 0 radical (unpaired) electrons. The molecule has 0 bridgehead atoms. The average molecular weight is 370 g/mol. The second-order valence-electron chi connectivity index (χ2n) is 7.27. The van der Waals surface area contributed by atoms with Gasteiger partial charge in [-0.25, -0.2) is 0 Å². The maximum atomic E-state index is 12.5. The molecule has 0 aliphatic heterocycles. The van der Waals surface area contributed by atoms with Crippen molar-refractivity contribution in [2.45, 2.75) is 32.3 Å². The van der Waals surface area contributed by atoms with Crippen molar-refractivity contribution in [3.63, 3.8) is 0 Å². The highest BCUT2D eigenvalue weighted by atomic mass is 16.6. The van der Waals surface area contributed by atoms with Gasteiger partial charge in [0.2, 0.25) is 0 Å². The van der Waals surface area contributed by atoms with E-state index in [1.807, 2.05) is 63.5 Å². The first-order valence-electron chi connectivity index (χ1n) is 9.46. The number of benzene rings is 2. The summed E-state index contributed by atoms with van der Waals surface area (Å²) in [5.74, 6) is 0.643. The lowest BCUT2D eigenvalue weighted by Crippen LogP contribution is -2.44. The van der Waals surface area contributed by atoms with Crippen LogP contribution in [0.4, 0.5) is 0 Å². The second-order valence-corrected chi connectivity index (χ2v) is 7.27. The predicted molar refractivity (Wildman–Crippen MR) is 109 cm³/mol. The maximum Gasteiger partial charge on any atom is 0.306 e. The van der Waals surface area contributed by atoms with Crippen LogP contribution in [0.1, 0.15) is 31.4 Å². The van der Waals surface area contributed by atoms with Gasteiger partial charge in [-0.15, -0.1) is 0 Å². The van der Waals surface area contributed by atoms with E-state index in [9.17, 15) is 4.79 Å². The number of carbonyl (C=O) groups is 1. The minimum Gasteiger partial charge on any atom is -0.497 e. The van der Waals surface area contributed by atoms with Gasteiger partial charge >= 0.3 is 5.97 Å². The molecule has 0 aromatic heterocycles. The van der Waals surface area contributed by atoms with Crippen LogP contribution in [0, 0.1) is 5.92 Å². The Morgan fingerprint density at radius 1 is 1.11 bits per heavy atom. The quantitative estimate of drug-likeness (QED) is 0.618. The van der Waals surface area contributed by atoms with E-state index < -0.39 is 5.60 Å². The number of methoxy groups -OCH3 is 1. The highest BCUT2D eigenvalue weighted by Gasteiger charge is 2.42.